The molecule has 0 saturated heterocycles. The first-order chi connectivity index (χ1) is 14.6. The molecule has 6 heteroatoms. The molecular weight excluding hydrogens is 380 g/mol. The molecule has 2 aliphatic rings. The SMILES string of the molecule is CC1CCCC1OC(=O)[C@@H](NCc1ccc(/C=C/C(=O)NO)cc1)C1CCCCC1. The fourth-order valence-electron chi connectivity index (χ4n) is 4.60. The van der Waals surface area contributed by atoms with Crippen LogP contribution in [0.2, 0.25) is 0 Å². The van der Waals surface area contributed by atoms with Crippen molar-refractivity contribution in [2.75, 3.05) is 0 Å². The highest BCUT2D eigenvalue weighted by molar-refractivity contribution is 5.90. The summed E-state index contributed by atoms with van der Waals surface area (Å²) >= 11 is 0. The van der Waals surface area contributed by atoms with Crippen LogP contribution in [0.25, 0.3) is 6.08 Å². The molecule has 2 aliphatic carbocycles. The third-order valence-corrected chi connectivity index (χ3v) is 6.47. The van der Waals surface area contributed by atoms with Gasteiger partial charge in [0.15, 0.2) is 0 Å². The molecule has 2 saturated carbocycles. The maximum absolute atomic E-state index is 13.0. The van der Waals surface area contributed by atoms with Crippen LogP contribution in [0.4, 0.5) is 0 Å². The number of esters is 1. The third kappa shape index (κ3) is 6.41. The fraction of sp³-hybridized carbons (Fsp3) is 0.583. The van der Waals surface area contributed by atoms with Gasteiger partial charge in [-0.05, 0) is 61.1 Å². The van der Waals surface area contributed by atoms with Crippen molar-refractivity contribution in [2.24, 2.45) is 11.8 Å². The first kappa shape index (κ1) is 22.5. The number of carbonyl (C=O) groups is 2. The van der Waals surface area contributed by atoms with E-state index in [-0.39, 0.29) is 18.1 Å². The van der Waals surface area contributed by atoms with Gasteiger partial charge in [-0.3, -0.25) is 14.8 Å². The van der Waals surface area contributed by atoms with Crippen LogP contribution in [-0.2, 0) is 20.9 Å². The molecule has 30 heavy (non-hydrogen) atoms. The molecule has 164 valence electrons. The van der Waals surface area contributed by atoms with Crippen molar-refractivity contribution in [2.45, 2.75) is 77.0 Å². The molecule has 0 aliphatic heterocycles. The number of amides is 1. The zero-order valence-electron chi connectivity index (χ0n) is 17.8. The Labute approximate surface area is 179 Å². The second kappa shape index (κ2) is 11.3. The molecule has 2 fully saturated rings. The van der Waals surface area contributed by atoms with E-state index in [1.165, 1.54) is 25.3 Å². The molecule has 2 unspecified atom stereocenters. The van der Waals surface area contributed by atoms with E-state index in [4.69, 9.17) is 9.94 Å². The predicted molar refractivity (Wildman–Crippen MR) is 116 cm³/mol. The van der Waals surface area contributed by atoms with E-state index in [2.05, 4.69) is 12.2 Å². The zero-order valence-corrected chi connectivity index (χ0v) is 17.8. The van der Waals surface area contributed by atoms with E-state index in [9.17, 15) is 9.59 Å². The van der Waals surface area contributed by atoms with Crippen LogP contribution in [0.3, 0.4) is 0 Å². The van der Waals surface area contributed by atoms with Crippen LogP contribution in [0.1, 0.15) is 69.4 Å². The molecule has 3 rings (SSSR count). The van der Waals surface area contributed by atoms with Crippen molar-refractivity contribution >= 4 is 18.0 Å². The normalized spacial score (nSPS) is 23.4. The molecule has 0 heterocycles. The van der Waals surface area contributed by atoms with Crippen molar-refractivity contribution in [3.63, 3.8) is 0 Å². The quantitative estimate of drug-likeness (QED) is 0.259. The van der Waals surface area contributed by atoms with Crippen molar-refractivity contribution in [1.82, 2.24) is 10.8 Å². The lowest BCUT2D eigenvalue weighted by molar-refractivity contribution is -0.155. The Morgan fingerprint density at radius 1 is 1.10 bits per heavy atom. The monoisotopic (exact) mass is 414 g/mol. The topological polar surface area (TPSA) is 87.7 Å². The Kier molecular flexibility index (Phi) is 8.46. The number of rotatable bonds is 8. The van der Waals surface area contributed by atoms with E-state index in [1.54, 1.807) is 11.6 Å². The Balaban J connectivity index is 1.60. The number of ether oxygens (including phenoxy) is 1. The summed E-state index contributed by atoms with van der Waals surface area (Å²) in [5.41, 5.74) is 3.50. The molecule has 1 aromatic carbocycles. The second-order valence-electron chi connectivity index (χ2n) is 8.69. The standard InChI is InChI=1S/C24H34N2O4/c1-17-6-5-9-21(17)30-24(28)23(20-7-3-2-4-8-20)25-16-19-12-10-18(11-13-19)14-15-22(27)26-29/h10-15,17,20-21,23,25,29H,2-9,16H2,1H3,(H,26,27)/b15-14+/t17?,21?,23-/m0/s1. The number of nitrogens with one attached hydrogen (secondary N) is 2. The molecule has 0 spiro atoms. The highest BCUT2D eigenvalue weighted by Crippen LogP contribution is 2.31. The summed E-state index contributed by atoms with van der Waals surface area (Å²) in [6, 6.07) is 7.52. The summed E-state index contributed by atoms with van der Waals surface area (Å²) < 4.78 is 5.94. The van der Waals surface area contributed by atoms with E-state index in [0.29, 0.717) is 18.4 Å². The number of benzene rings is 1. The number of hydrogen-bond donors (Lipinski definition) is 3. The van der Waals surface area contributed by atoms with E-state index in [1.807, 2.05) is 24.3 Å². The molecule has 1 aromatic rings. The molecule has 3 N–H and O–H groups in total. The first-order valence-electron chi connectivity index (χ1n) is 11.2. The van der Waals surface area contributed by atoms with Crippen LogP contribution < -0.4 is 10.8 Å². The Morgan fingerprint density at radius 2 is 1.83 bits per heavy atom. The largest absolute Gasteiger partial charge is 0.461 e. The molecular formula is C24H34N2O4. The smallest absolute Gasteiger partial charge is 0.323 e. The van der Waals surface area contributed by atoms with Gasteiger partial charge in [-0.2, -0.15) is 0 Å². The first-order valence-corrected chi connectivity index (χ1v) is 11.2. The molecule has 0 aromatic heterocycles. The summed E-state index contributed by atoms with van der Waals surface area (Å²) in [7, 11) is 0. The van der Waals surface area contributed by atoms with Crippen molar-refractivity contribution in [1.29, 1.82) is 0 Å². The zero-order chi connectivity index (χ0) is 21.3. The number of carbonyl (C=O) groups excluding carboxylic acids is 2. The highest BCUT2D eigenvalue weighted by Gasteiger charge is 2.34. The Hall–Kier alpha value is -2.18. The Bertz CT molecular complexity index is 725. The Morgan fingerprint density at radius 3 is 2.47 bits per heavy atom. The van der Waals surface area contributed by atoms with Gasteiger partial charge in [-0.15, -0.1) is 0 Å². The molecule has 0 bridgehead atoms. The van der Waals surface area contributed by atoms with Gasteiger partial charge in [-0.1, -0.05) is 50.5 Å². The summed E-state index contributed by atoms with van der Waals surface area (Å²) in [5.74, 6) is 0.137. The number of hydrogen-bond acceptors (Lipinski definition) is 5. The van der Waals surface area contributed by atoms with Crippen LogP contribution in [-0.4, -0.2) is 29.2 Å². The molecule has 6 nitrogen and oxygen atoms in total. The summed E-state index contributed by atoms with van der Waals surface area (Å²) in [4.78, 5) is 24.1. The maximum Gasteiger partial charge on any atom is 0.323 e. The summed E-state index contributed by atoms with van der Waals surface area (Å²) in [6.45, 7) is 2.77. The van der Waals surface area contributed by atoms with Gasteiger partial charge in [0.1, 0.15) is 12.1 Å². The van der Waals surface area contributed by atoms with Gasteiger partial charge in [0, 0.05) is 12.6 Å². The average molecular weight is 415 g/mol. The van der Waals surface area contributed by atoms with Gasteiger partial charge in [0.25, 0.3) is 5.91 Å². The minimum Gasteiger partial charge on any atom is -0.461 e. The second-order valence-corrected chi connectivity index (χ2v) is 8.69. The highest BCUT2D eigenvalue weighted by atomic mass is 16.5. The lowest BCUT2D eigenvalue weighted by atomic mass is 9.83. The van der Waals surface area contributed by atoms with Crippen molar-refractivity contribution in [3.8, 4) is 0 Å². The van der Waals surface area contributed by atoms with Crippen LogP contribution in [0.15, 0.2) is 30.3 Å². The lowest BCUT2D eigenvalue weighted by Gasteiger charge is -2.31. The third-order valence-electron chi connectivity index (χ3n) is 6.47. The van der Waals surface area contributed by atoms with Gasteiger partial charge < -0.3 is 10.1 Å². The molecule has 0 radical (unpaired) electrons. The van der Waals surface area contributed by atoms with E-state index >= 15 is 0 Å². The van der Waals surface area contributed by atoms with Gasteiger partial charge in [0.2, 0.25) is 0 Å². The van der Waals surface area contributed by atoms with Gasteiger partial charge >= 0.3 is 5.97 Å². The van der Waals surface area contributed by atoms with Crippen LogP contribution >= 0.6 is 0 Å². The van der Waals surface area contributed by atoms with Crippen LogP contribution in [0.5, 0.6) is 0 Å². The molecule has 3 atom stereocenters. The van der Waals surface area contributed by atoms with Crippen molar-refractivity contribution < 1.29 is 19.5 Å². The summed E-state index contributed by atoms with van der Waals surface area (Å²) in [6.07, 6.45) is 12.0. The van der Waals surface area contributed by atoms with Crippen LogP contribution in [0, 0.1) is 11.8 Å². The van der Waals surface area contributed by atoms with Gasteiger partial charge in [-0.25, -0.2) is 5.48 Å². The van der Waals surface area contributed by atoms with Crippen molar-refractivity contribution in [3.05, 3.63) is 41.5 Å². The number of hydroxylamine groups is 1. The minimum absolute atomic E-state index is 0.0626. The average Bonchev–Trinajstić information content (AvgIpc) is 3.18. The summed E-state index contributed by atoms with van der Waals surface area (Å²) in [5, 5.41) is 12.0. The predicted octanol–water partition coefficient (Wildman–Crippen LogP) is 3.98. The van der Waals surface area contributed by atoms with Gasteiger partial charge in [0.05, 0.1) is 0 Å². The van der Waals surface area contributed by atoms with E-state index < -0.39 is 5.91 Å². The fourth-order valence-corrected chi connectivity index (χ4v) is 4.60. The van der Waals surface area contributed by atoms with E-state index in [0.717, 1.165) is 43.2 Å². The molecule has 1 amide bonds. The maximum atomic E-state index is 13.0. The lowest BCUT2D eigenvalue weighted by Crippen LogP contribution is -2.45. The minimum atomic E-state index is -0.564.